The average molecular weight is 424 g/mol. The second kappa shape index (κ2) is 15.1. The molecular formula is C21H29N9O. The van der Waals surface area contributed by atoms with Crippen molar-refractivity contribution in [2.24, 2.45) is 5.73 Å². The fraction of sp³-hybridized carbons (Fsp3) is 0.286. The molecule has 2 aromatic heterocycles. The number of hydrogen-bond acceptors (Lipinski definition) is 8. The second-order valence-electron chi connectivity index (χ2n) is 5.35. The van der Waals surface area contributed by atoms with E-state index in [1.54, 1.807) is 29.2 Å². The average Bonchev–Trinajstić information content (AvgIpc) is 3.57. The van der Waals surface area contributed by atoms with Crippen LogP contribution in [0.25, 0.3) is 11.4 Å². The zero-order chi connectivity index (χ0) is 22.9. The van der Waals surface area contributed by atoms with Crippen molar-refractivity contribution >= 4 is 6.29 Å². The van der Waals surface area contributed by atoms with Crippen molar-refractivity contribution in [3.05, 3.63) is 72.3 Å². The molecule has 2 heterocycles. The molecule has 31 heavy (non-hydrogen) atoms. The van der Waals surface area contributed by atoms with E-state index in [0.717, 1.165) is 24.0 Å². The van der Waals surface area contributed by atoms with Gasteiger partial charge in [-0.05, 0) is 57.6 Å². The van der Waals surface area contributed by atoms with E-state index in [2.05, 4.69) is 31.1 Å². The Hall–Kier alpha value is -3.79. The molecule has 0 aliphatic rings. The lowest BCUT2D eigenvalue weighted by Gasteiger charge is -2.06. The van der Waals surface area contributed by atoms with Gasteiger partial charge in [0.2, 0.25) is 0 Å². The lowest BCUT2D eigenvalue weighted by molar-refractivity contribution is 0.112. The lowest BCUT2D eigenvalue weighted by atomic mass is 10.1. The van der Waals surface area contributed by atoms with Crippen molar-refractivity contribution in [3.8, 4) is 11.4 Å². The van der Waals surface area contributed by atoms with Gasteiger partial charge in [-0.25, -0.2) is 4.68 Å². The van der Waals surface area contributed by atoms with E-state index in [4.69, 9.17) is 5.73 Å². The van der Waals surface area contributed by atoms with E-state index >= 15 is 0 Å². The van der Waals surface area contributed by atoms with Crippen LogP contribution < -0.4 is 5.73 Å². The van der Waals surface area contributed by atoms with E-state index < -0.39 is 0 Å². The van der Waals surface area contributed by atoms with Gasteiger partial charge in [0.15, 0.2) is 6.29 Å². The molecule has 10 heteroatoms. The van der Waals surface area contributed by atoms with Gasteiger partial charge in [0.1, 0.15) is 12.7 Å². The van der Waals surface area contributed by atoms with Gasteiger partial charge in [-0.15, -0.1) is 10.2 Å². The molecule has 0 saturated carbocycles. The Labute approximate surface area is 182 Å². The van der Waals surface area contributed by atoms with Crippen LogP contribution in [-0.4, -0.2) is 53.2 Å². The number of nitrogens with zero attached hydrogens (tertiary/aromatic N) is 8. The summed E-state index contributed by atoms with van der Waals surface area (Å²) in [4.78, 5) is 10.6. The molecule has 2 aromatic carbocycles. The lowest BCUT2D eigenvalue weighted by Crippen LogP contribution is -2.07. The van der Waals surface area contributed by atoms with E-state index in [-0.39, 0.29) is 0 Å². The third-order valence-electron chi connectivity index (χ3n) is 3.66. The van der Waals surface area contributed by atoms with Crippen LogP contribution in [0.15, 0.2) is 61.2 Å². The summed E-state index contributed by atoms with van der Waals surface area (Å²) >= 11 is 0. The summed E-state index contributed by atoms with van der Waals surface area (Å²) in [5.74, 6) is 0. The number of aromatic nitrogens is 8. The second-order valence-corrected chi connectivity index (χ2v) is 5.35. The topological polar surface area (TPSA) is 130 Å². The first-order valence-corrected chi connectivity index (χ1v) is 10.1. The van der Waals surface area contributed by atoms with Gasteiger partial charge < -0.3 is 5.73 Å². The first-order valence-electron chi connectivity index (χ1n) is 10.1. The summed E-state index contributed by atoms with van der Waals surface area (Å²) in [6.45, 7) is 8.62. The third-order valence-corrected chi connectivity index (χ3v) is 3.66. The molecule has 164 valence electrons. The summed E-state index contributed by atoms with van der Waals surface area (Å²) in [5, 5.41) is 21.7. The minimum atomic E-state index is 0.565. The molecule has 4 aromatic rings. The maximum Gasteiger partial charge on any atom is 0.152 e. The fourth-order valence-corrected chi connectivity index (χ4v) is 2.44. The van der Waals surface area contributed by atoms with E-state index in [0.29, 0.717) is 17.8 Å². The zero-order valence-electron chi connectivity index (χ0n) is 18.3. The molecule has 2 N–H and O–H groups in total. The van der Waals surface area contributed by atoms with Gasteiger partial charge in [0.05, 0.1) is 11.4 Å². The van der Waals surface area contributed by atoms with Crippen LogP contribution in [0.5, 0.6) is 0 Å². The number of aldehydes is 1. The number of carbonyl (C=O) groups is 1. The molecule has 0 fully saturated rings. The number of tetrazole rings is 2. The predicted octanol–water partition coefficient (Wildman–Crippen LogP) is 2.69. The molecule has 0 aliphatic heterocycles. The van der Waals surface area contributed by atoms with Crippen molar-refractivity contribution in [2.45, 2.75) is 34.1 Å². The van der Waals surface area contributed by atoms with Gasteiger partial charge in [0.25, 0.3) is 0 Å². The SMILES string of the molecule is CC.CC.NCCc1ccccc1-n1cnnn1.O=Cc1ccccc1-n1cnnn1. The highest BCUT2D eigenvalue weighted by atomic mass is 16.1. The van der Waals surface area contributed by atoms with Crippen LogP contribution >= 0.6 is 0 Å². The Bertz CT molecular complexity index is 970. The Kier molecular flexibility index (Phi) is 12.3. The zero-order valence-corrected chi connectivity index (χ0v) is 18.3. The fourth-order valence-electron chi connectivity index (χ4n) is 2.44. The summed E-state index contributed by atoms with van der Waals surface area (Å²) in [5.41, 5.74) is 8.91. The van der Waals surface area contributed by atoms with Crippen molar-refractivity contribution in [3.63, 3.8) is 0 Å². The van der Waals surface area contributed by atoms with Crippen LogP contribution in [-0.2, 0) is 6.42 Å². The number of benzene rings is 2. The Morgan fingerprint density at radius 2 is 1.32 bits per heavy atom. The van der Waals surface area contributed by atoms with Crippen LogP contribution in [0.3, 0.4) is 0 Å². The van der Waals surface area contributed by atoms with E-state index in [1.807, 2.05) is 58.0 Å². The number of hydrogen-bond donors (Lipinski definition) is 1. The molecule has 0 bridgehead atoms. The third kappa shape index (κ3) is 7.52. The smallest absolute Gasteiger partial charge is 0.152 e. The van der Waals surface area contributed by atoms with E-state index in [9.17, 15) is 4.79 Å². The highest BCUT2D eigenvalue weighted by Gasteiger charge is 2.04. The van der Waals surface area contributed by atoms with Gasteiger partial charge in [-0.1, -0.05) is 58.0 Å². The van der Waals surface area contributed by atoms with Crippen molar-refractivity contribution in [2.75, 3.05) is 6.54 Å². The first kappa shape index (κ1) is 25.2. The molecule has 0 aliphatic carbocycles. The predicted molar refractivity (Wildman–Crippen MR) is 119 cm³/mol. The van der Waals surface area contributed by atoms with Gasteiger partial charge in [-0.2, -0.15) is 4.68 Å². The van der Waals surface area contributed by atoms with Crippen LogP contribution in [0.4, 0.5) is 0 Å². The van der Waals surface area contributed by atoms with Crippen molar-refractivity contribution in [1.82, 2.24) is 40.4 Å². The maximum absolute atomic E-state index is 10.6. The number of carbonyl (C=O) groups excluding carboxylic acids is 1. The molecule has 0 radical (unpaired) electrons. The normalized spacial score (nSPS) is 9.19. The standard InChI is InChI=1S/C9H11N5.C8H6N4O.2C2H6/c10-6-5-8-3-1-2-4-9(8)14-7-11-12-13-14;13-5-7-3-1-2-4-8(7)12-6-9-10-11-12;2*1-2/h1-4,7H,5-6,10H2;1-6H;2*1-2H3. The van der Waals surface area contributed by atoms with Crippen LogP contribution in [0.1, 0.15) is 43.6 Å². The van der Waals surface area contributed by atoms with Crippen molar-refractivity contribution < 1.29 is 4.79 Å². The Morgan fingerprint density at radius 1 is 0.806 bits per heavy atom. The number of para-hydroxylation sites is 2. The Balaban J connectivity index is 0.000000268. The quantitative estimate of drug-likeness (QED) is 0.485. The summed E-state index contributed by atoms with van der Waals surface area (Å²) in [7, 11) is 0. The number of rotatable bonds is 5. The highest BCUT2D eigenvalue weighted by Crippen LogP contribution is 2.12. The largest absolute Gasteiger partial charge is 0.330 e. The van der Waals surface area contributed by atoms with Gasteiger partial charge >= 0.3 is 0 Å². The molecule has 10 nitrogen and oxygen atoms in total. The van der Waals surface area contributed by atoms with Crippen LogP contribution in [0, 0.1) is 0 Å². The molecule has 0 unspecified atom stereocenters. The molecule has 0 saturated heterocycles. The van der Waals surface area contributed by atoms with E-state index in [1.165, 1.54) is 11.0 Å². The highest BCUT2D eigenvalue weighted by molar-refractivity contribution is 5.80. The molecule has 4 rings (SSSR count). The van der Waals surface area contributed by atoms with Crippen LogP contribution in [0.2, 0.25) is 0 Å². The molecule has 0 amide bonds. The number of nitrogens with two attached hydrogens (primary N) is 1. The summed E-state index contributed by atoms with van der Waals surface area (Å²) in [6.07, 6.45) is 4.63. The monoisotopic (exact) mass is 423 g/mol. The minimum absolute atomic E-state index is 0.565. The molecule has 0 atom stereocenters. The maximum atomic E-state index is 10.6. The van der Waals surface area contributed by atoms with Gasteiger partial charge in [0, 0.05) is 5.56 Å². The minimum Gasteiger partial charge on any atom is -0.330 e. The molecular weight excluding hydrogens is 394 g/mol. The summed E-state index contributed by atoms with van der Waals surface area (Å²) in [6, 6.07) is 15.0. The Morgan fingerprint density at radius 3 is 1.84 bits per heavy atom. The van der Waals surface area contributed by atoms with Crippen molar-refractivity contribution in [1.29, 1.82) is 0 Å². The molecule has 0 spiro atoms. The summed E-state index contributed by atoms with van der Waals surface area (Å²) < 4.78 is 3.09. The first-order chi connectivity index (χ1) is 15.3. The van der Waals surface area contributed by atoms with Gasteiger partial charge in [-0.3, -0.25) is 4.79 Å².